The van der Waals surface area contributed by atoms with E-state index in [2.05, 4.69) is 10.3 Å². The van der Waals surface area contributed by atoms with Crippen molar-refractivity contribution < 1.29 is 14.3 Å². The van der Waals surface area contributed by atoms with Gasteiger partial charge in [0.2, 0.25) is 11.8 Å². The highest BCUT2D eigenvalue weighted by atomic mass is 35.5. The third kappa shape index (κ3) is 4.48. The normalized spacial score (nSPS) is 17.2. The number of methoxy groups -OCH3 is 1. The Bertz CT molecular complexity index is 919. The van der Waals surface area contributed by atoms with E-state index in [9.17, 15) is 9.59 Å². The first kappa shape index (κ1) is 20.2. The summed E-state index contributed by atoms with van der Waals surface area (Å²) in [6.07, 6.45) is 0.104. The zero-order valence-electron chi connectivity index (χ0n) is 15.5. The summed E-state index contributed by atoms with van der Waals surface area (Å²) in [7, 11) is 1.59. The topological polar surface area (TPSA) is 71.0 Å². The summed E-state index contributed by atoms with van der Waals surface area (Å²) in [5.74, 6) is 0.141. The number of ether oxygens (including phenoxy) is 1. The van der Waals surface area contributed by atoms with E-state index in [0.717, 1.165) is 5.69 Å². The highest BCUT2D eigenvalue weighted by Gasteiger charge is 2.40. The van der Waals surface area contributed by atoms with Crippen LogP contribution in [0.5, 0.6) is 5.75 Å². The molecule has 0 spiro atoms. The van der Waals surface area contributed by atoms with Crippen LogP contribution >= 0.6 is 23.4 Å². The number of thioether (sulfide) groups is 1. The van der Waals surface area contributed by atoms with Crippen LogP contribution in [0.15, 0.2) is 53.5 Å². The number of aliphatic imine (C=N–C) groups is 1. The Hall–Kier alpha value is -2.51. The number of anilines is 2. The predicted molar refractivity (Wildman–Crippen MR) is 115 cm³/mol. The molecule has 146 valence electrons. The van der Waals surface area contributed by atoms with Crippen molar-refractivity contribution in [3.63, 3.8) is 0 Å². The second-order valence-electron chi connectivity index (χ2n) is 5.96. The third-order valence-electron chi connectivity index (χ3n) is 4.08. The minimum atomic E-state index is -0.556. The number of hydrogen-bond donors (Lipinski definition) is 1. The first-order valence-corrected chi connectivity index (χ1v) is 10.0. The molecule has 1 aliphatic heterocycles. The van der Waals surface area contributed by atoms with Gasteiger partial charge in [0.15, 0.2) is 5.17 Å². The van der Waals surface area contributed by atoms with Crippen LogP contribution in [0.25, 0.3) is 0 Å². The number of hydrogen-bond acceptors (Lipinski definition) is 5. The number of rotatable bonds is 5. The Morgan fingerprint density at radius 2 is 2.07 bits per heavy atom. The predicted octanol–water partition coefficient (Wildman–Crippen LogP) is 4.20. The molecule has 1 atom stereocenters. The van der Waals surface area contributed by atoms with Gasteiger partial charge < -0.3 is 10.1 Å². The van der Waals surface area contributed by atoms with Crippen molar-refractivity contribution in [3.05, 3.63) is 53.6 Å². The molecule has 1 saturated heterocycles. The number of amides is 2. The highest BCUT2D eigenvalue weighted by Crippen LogP contribution is 2.32. The maximum Gasteiger partial charge on any atom is 0.247 e. The van der Waals surface area contributed by atoms with Crippen molar-refractivity contribution >= 4 is 51.7 Å². The van der Waals surface area contributed by atoms with Crippen LogP contribution in [0.1, 0.15) is 13.3 Å². The lowest BCUT2D eigenvalue weighted by Gasteiger charge is -2.16. The summed E-state index contributed by atoms with van der Waals surface area (Å²) >= 11 is 7.25. The van der Waals surface area contributed by atoms with E-state index in [1.54, 1.807) is 31.4 Å². The molecule has 2 amide bonds. The highest BCUT2D eigenvalue weighted by molar-refractivity contribution is 8.15. The maximum absolute atomic E-state index is 12.9. The van der Waals surface area contributed by atoms with E-state index in [4.69, 9.17) is 16.3 Å². The van der Waals surface area contributed by atoms with Gasteiger partial charge in [-0.2, -0.15) is 0 Å². The van der Waals surface area contributed by atoms with Crippen molar-refractivity contribution in [2.24, 2.45) is 4.99 Å². The first-order valence-electron chi connectivity index (χ1n) is 8.77. The zero-order chi connectivity index (χ0) is 20.1. The number of halogens is 1. The summed E-state index contributed by atoms with van der Waals surface area (Å²) in [6, 6.07) is 14.2. The molecule has 0 radical (unpaired) electrons. The Labute approximate surface area is 172 Å². The number of imide groups is 1. The smallest absolute Gasteiger partial charge is 0.247 e. The lowest BCUT2D eigenvalue weighted by molar-refractivity contribution is -0.121. The molecule has 1 heterocycles. The number of amidine groups is 1. The number of nitrogens with one attached hydrogen (secondary N) is 1. The minimum absolute atomic E-state index is 0.104. The number of carbonyl (C=O) groups is 2. The summed E-state index contributed by atoms with van der Waals surface area (Å²) in [4.78, 5) is 31.0. The van der Waals surface area contributed by atoms with Gasteiger partial charge in [-0.1, -0.05) is 41.6 Å². The minimum Gasteiger partial charge on any atom is -0.495 e. The van der Waals surface area contributed by atoms with Crippen molar-refractivity contribution in [2.75, 3.05) is 23.9 Å². The fourth-order valence-electron chi connectivity index (χ4n) is 2.83. The van der Waals surface area contributed by atoms with E-state index in [0.29, 0.717) is 28.2 Å². The summed E-state index contributed by atoms with van der Waals surface area (Å²) in [5.41, 5.74) is 1.23. The van der Waals surface area contributed by atoms with Crippen LogP contribution in [0.3, 0.4) is 0 Å². The SMILES string of the molecule is CCN=C(Nc1ccccc1OC)S[C@H]1CC(=O)N(c2cccc(Cl)c2)C1=O. The molecule has 6 nitrogen and oxygen atoms in total. The number of para-hydroxylation sites is 2. The summed E-state index contributed by atoms with van der Waals surface area (Å²) in [6.45, 7) is 2.45. The maximum atomic E-state index is 12.9. The Kier molecular flexibility index (Phi) is 6.59. The molecule has 0 unspecified atom stereocenters. The molecular formula is C20H20ClN3O3S. The van der Waals surface area contributed by atoms with Crippen LogP contribution in [-0.4, -0.2) is 35.9 Å². The fraction of sp³-hybridized carbons (Fsp3) is 0.250. The molecule has 0 aliphatic carbocycles. The van der Waals surface area contributed by atoms with Crippen molar-refractivity contribution in [3.8, 4) is 5.75 Å². The van der Waals surface area contributed by atoms with E-state index in [-0.39, 0.29) is 18.2 Å². The molecule has 1 N–H and O–H groups in total. The average Bonchev–Trinajstić information content (AvgIpc) is 2.95. The molecular weight excluding hydrogens is 398 g/mol. The monoisotopic (exact) mass is 417 g/mol. The molecule has 1 aliphatic rings. The second-order valence-corrected chi connectivity index (χ2v) is 7.59. The van der Waals surface area contributed by atoms with Crippen LogP contribution < -0.4 is 15.0 Å². The standard InChI is InChI=1S/C20H20ClN3O3S/c1-3-22-20(23-15-9-4-5-10-16(15)27-2)28-17-12-18(25)24(19(17)26)14-8-6-7-13(21)11-14/h4-11,17H,3,12H2,1-2H3,(H,22,23)/t17-/m0/s1. The number of nitrogens with zero attached hydrogens (tertiary/aromatic N) is 2. The Balaban J connectivity index is 1.78. The molecule has 1 fully saturated rings. The van der Waals surface area contributed by atoms with E-state index in [1.807, 2.05) is 31.2 Å². The molecule has 28 heavy (non-hydrogen) atoms. The van der Waals surface area contributed by atoms with Crippen molar-refractivity contribution in [2.45, 2.75) is 18.6 Å². The molecule has 2 aromatic rings. The first-order chi connectivity index (χ1) is 13.5. The molecule has 0 saturated carbocycles. The molecule has 0 aromatic heterocycles. The largest absolute Gasteiger partial charge is 0.495 e. The number of carbonyl (C=O) groups excluding carboxylic acids is 2. The van der Waals surface area contributed by atoms with Gasteiger partial charge in [-0.15, -0.1) is 0 Å². The lowest BCUT2D eigenvalue weighted by atomic mass is 10.3. The van der Waals surface area contributed by atoms with Gasteiger partial charge in [0.1, 0.15) is 11.0 Å². The third-order valence-corrected chi connectivity index (χ3v) is 5.42. The average molecular weight is 418 g/mol. The summed E-state index contributed by atoms with van der Waals surface area (Å²) < 4.78 is 5.35. The Morgan fingerprint density at radius 3 is 2.79 bits per heavy atom. The molecule has 0 bridgehead atoms. The van der Waals surface area contributed by atoms with Crippen LogP contribution in [0.4, 0.5) is 11.4 Å². The van der Waals surface area contributed by atoms with Gasteiger partial charge in [0.05, 0.1) is 18.5 Å². The quantitative estimate of drug-likeness (QED) is 0.448. The van der Waals surface area contributed by atoms with Gasteiger partial charge in [-0.05, 0) is 37.3 Å². The van der Waals surface area contributed by atoms with Crippen LogP contribution in [0, 0.1) is 0 Å². The number of benzene rings is 2. The van der Waals surface area contributed by atoms with Gasteiger partial charge in [0, 0.05) is 18.0 Å². The van der Waals surface area contributed by atoms with Crippen molar-refractivity contribution in [1.82, 2.24) is 0 Å². The molecule has 2 aromatic carbocycles. The fourth-order valence-corrected chi connectivity index (χ4v) is 4.09. The van der Waals surface area contributed by atoms with Gasteiger partial charge >= 0.3 is 0 Å². The second kappa shape index (κ2) is 9.12. The van der Waals surface area contributed by atoms with E-state index in [1.165, 1.54) is 16.7 Å². The zero-order valence-corrected chi connectivity index (χ0v) is 17.1. The van der Waals surface area contributed by atoms with E-state index >= 15 is 0 Å². The van der Waals surface area contributed by atoms with Crippen LogP contribution in [-0.2, 0) is 9.59 Å². The lowest BCUT2D eigenvalue weighted by Crippen LogP contribution is -2.31. The van der Waals surface area contributed by atoms with Crippen molar-refractivity contribution in [1.29, 1.82) is 0 Å². The van der Waals surface area contributed by atoms with Gasteiger partial charge in [0.25, 0.3) is 0 Å². The van der Waals surface area contributed by atoms with Gasteiger partial charge in [-0.25, -0.2) is 4.90 Å². The van der Waals surface area contributed by atoms with E-state index < -0.39 is 5.25 Å². The molecule has 8 heteroatoms. The summed E-state index contributed by atoms with van der Waals surface area (Å²) in [5, 5.41) is 3.69. The molecule has 3 rings (SSSR count). The Morgan fingerprint density at radius 1 is 1.29 bits per heavy atom. The van der Waals surface area contributed by atoms with Crippen LogP contribution in [0.2, 0.25) is 5.02 Å². The van der Waals surface area contributed by atoms with Gasteiger partial charge in [-0.3, -0.25) is 14.6 Å².